The van der Waals surface area contributed by atoms with Crippen LogP contribution in [0, 0.1) is 17.0 Å². The molecule has 208 valence electrons. The van der Waals surface area contributed by atoms with E-state index in [0.29, 0.717) is 5.56 Å². The third-order valence-electron chi connectivity index (χ3n) is 5.22. The van der Waals surface area contributed by atoms with Gasteiger partial charge in [-0.25, -0.2) is 17.9 Å². The number of esters is 1. The maximum atomic E-state index is 13.4. The maximum Gasteiger partial charge on any atom is 0.435 e. The fourth-order valence-corrected chi connectivity index (χ4v) is 5.00. The summed E-state index contributed by atoms with van der Waals surface area (Å²) in [5.41, 5.74) is 0.344. The lowest BCUT2D eigenvalue weighted by Crippen LogP contribution is -2.44. The van der Waals surface area contributed by atoms with Gasteiger partial charge in [0, 0.05) is 12.5 Å². The number of hydrogen-bond acceptors (Lipinski definition) is 9. The van der Waals surface area contributed by atoms with Crippen LogP contribution in [-0.4, -0.2) is 52.3 Å². The van der Waals surface area contributed by atoms with Crippen LogP contribution in [0.1, 0.15) is 25.1 Å². The Labute approximate surface area is 219 Å². The van der Waals surface area contributed by atoms with E-state index in [0.717, 1.165) is 42.3 Å². The van der Waals surface area contributed by atoms with Crippen LogP contribution in [0.15, 0.2) is 59.5 Å². The van der Waals surface area contributed by atoms with Crippen molar-refractivity contribution >= 4 is 21.9 Å². The Kier molecular flexibility index (Phi) is 8.28. The standard InChI is InChI=1S/C23H21F3N4O8S/c1-14-4-6-17(7-5-14)20-12-21(23(24,25)26)27-28(20)18-8-10-19(11-9-18)39(35,36)29(15(2)31)16(3)38-22(32)13-37-30(33)34/h4-12,16H,13H2,1-3H3. The summed E-state index contributed by atoms with van der Waals surface area (Å²) in [7, 11) is -4.64. The number of alkyl halides is 3. The van der Waals surface area contributed by atoms with Crippen LogP contribution >= 0.6 is 0 Å². The summed E-state index contributed by atoms with van der Waals surface area (Å²) in [6.07, 6.45) is -6.45. The van der Waals surface area contributed by atoms with Crippen LogP contribution in [0.3, 0.4) is 0 Å². The second-order valence-corrected chi connectivity index (χ2v) is 9.91. The monoisotopic (exact) mass is 570 g/mol. The van der Waals surface area contributed by atoms with E-state index in [1.165, 1.54) is 12.1 Å². The van der Waals surface area contributed by atoms with E-state index in [1.807, 2.05) is 6.92 Å². The fraction of sp³-hybridized carbons (Fsp3) is 0.261. The molecule has 0 saturated carbocycles. The van der Waals surface area contributed by atoms with Crippen molar-refractivity contribution in [1.29, 1.82) is 0 Å². The number of carbonyl (C=O) groups is 2. The lowest BCUT2D eigenvalue weighted by atomic mass is 10.1. The van der Waals surface area contributed by atoms with Gasteiger partial charge in [-0.05, 0) is 44.2 Å². The second-order valence-electron chi connectivity index (χ2n) is 8.09. The van der Waals surface area contributed by atoms with Crippen LogP contribution < -0.4 is 0 Å². The van der Waals surface area contributed by atoms with Gasteiger partial charge in [0.15, 0.2) is 18.5 Å². The van der Waals surface area contributed by atoms with Gasteiger partial charge in [-0.15, -0.1) is 10.1 Å². The summed E-state index contributed by atoms with van der Waals surface area (Å²) in [6.45, 7) is 2.62. The Morgan fingerprint density at radius 1 is 1.13 bits per heavy atom. The van der Waals surface area contributed by atoms with Gasteiger partial charge in [-0.3, -0.25) is 4.79 Å². The molecule has 1 aromatic heterocycles. The highest BCUT2D eigenvalue weighted by atomic mass is 32.2. The molecule has 0 N–H and O–H groups in total. The van der Waals surface area contributed by atoms with Crippen molar-refractivity contribution in [2.75, 3.05) is 6.61 Å². The zero-order valence-electron chi connectivity index (χ0n) is 20.6. The number of nitrogens with zero attached hydrogens (tertiary/aromatic N) is 4. The molecule has 16 heteroatoms. The van der Waals surface area contributed by atoms with Gasteiger partial charge in [-0.2, -0.15) is 22.6 Å². The molecule has 3 aromatic rings. The van der Waals surface area contributed by atoms with Crippen molar-refractivity contribution in [3.63, 3.8) is 0 Å². The van der Waals surface area contributed by atoms with Crippen molar-refractivity contribution in [2.24, 2.45) is 0 Å². The predicted octanol–water partition coefficient (Wildman–Crippen LogP) is 3.50. The van der Waals surface area contributed by atoms with Crippen molar-refractivity contribution in [3.05, 3.63) is 76.0 Å². The first-order chi connectivity index (χ1) is 18.1. The van der Waals surface area contributed by atoms with Gasteiger partial charge in [-0.1, -0.05) is 29.8 Å². The average molecular weight is 571 g/mol. The summed E-state index contributed by atoms with van der Waals surface area (Å²) in [4.78, 5) is 37.5. The van der Waals surface area contributed by atoms with Gasteiger partial charge in [0.25, 0.3) is 15.1 Å². The van der Waals surface area contributed by atoms with Gasteiger partial charge in [0.05, 0.1) is 16.3 Å². The van der Waals surface area contributed by atoms with E-state index >= 15 is 0 Å². The number of rotatable bonds is 9. The number of halogens is 3. The molecular weight excluding hydrogens is 549 g/mol. The van der Waals surface area contributed by atoms with Crippen molar-refractivity contribution in [1.82, 2.24) is 14.1 Å². The Balaban J connectivity index is 1.96. The molecule has 3 rings (SSSR count). The van der Waals surface area contributed by atoms with E-state index in [-0.39, 0.29) is 15.7 Å². The first kappa shape index (κ1) is 29.1. The molecule has 0 radical (unpaired) electrons. The van der Waals surface area contributed by atoms with Gasteiger partial charge < -0.3 is 9.57 Å². The third kappa shape index (κ3) is 6.70. The number of ether oxygens (including phenoxy) is 1. The van der Waals surface area contributed by atoms with Crippen molar-refractivity contribution < 1.29 is 45.8 Å². The van der Waals surface area contributed by atoms with E-state index in [2.05, 4.69) is 9.94 Å². The first-order valence-electron chi connectivity index (χ1n) is 11.0. The Bertz CT molecular complexity index is 1490. The Morgan fingerprint density at radius 2 is 1.72 bits per heavy atom. The normalized spacial score (nSPS) is 12.5. The molecule has 0 fully saturated rings. The molecule has 0 aliphatic rings. The lowest BCUT2D eigenvalue weighted by Gasteiger charge is -2.27. The molecule has 1 atom stereocenters. The first-order valence-corrected chi connectivity index (χ1v) is 12.4. The number of hydrogen-bond donors (Lipinski definition) is 0. The van der Waals surface area contributed by atoms with E-state index < -0.39 is 56.6 Å². The summed E-state index contributed by atoms with van der Waals surface area (Å²) in [5.74, 6) is -2.35. The number of benzene rings is 2. The zero-order valence-corrected chi connectivity index (χ0v) is 21.4. The van der Waals surface area contributed by atoms with Crippen LogP contribution in [-0.2, 0) is 35.4 Å². The summed E-state index contributed by atoms with van der Waals surface area (Å²) in [5, 5.41) is 12.6. The minimum atomic E-state index is -4.74. The largest absolute Gasteiger partial charge is 0.439 e. The lowest BCUT2D eigenvalue weighted by molar-refractivity contribution is -0.754. The molecule has 1 amide bonds. The van der Waals surface area contributed by atoms with Crippen LogP contribution in [0.25, 0.3) is 16.9 Å². The zero-order chi connectivity index (χ0) is 29.1. The molecule has 1 heterocycles. The van der Waals surface area contributed by atoms with E-state index in [9.17, 15) is 41.3 Å². The quantitative estimate of drug-likeness (QED) is 0.163. The van der Waals surface area contributed by atoms with Crippen LogP contribution in [0.5, 0.6) is 0 Å². The molecule has 0 saturated heterocycles. The van der Waals surface area contributed by atoms with Crippen LogP contribution in [0.4, 0.5) is 13.2 Å². The summed E-state index contributed by atoms with van der Waals surface area (Å²) >= 11 is 0. The smallest absolute Gasteiger partial charge is 0.435 e. The number of amides is 1. The molecule has 39 heavy (non-hydrogen) atoms. The molecule has 0 aliphatic carbocycles. The Hall–Kier alpha value is -4.47. The molecule has 2 aromatic carbocycles. The Morgan fingerprint density at radius 3 is 2.23 bits per heavy atom. The topological polar surface area (TPSA) is 151 Å². The van der Waals surface area contributed by atoms with Gasteiger partial charge in [0.2, 0.25) is 5.91 Å². The second kappa shape index (κ2) is 11.1. The number of sulfonamides is 1. The third-order valence-corrected chi connectivity index (χ3v) is 7.16. The highest BCUT2D eigenvalue weighted by Crippen LogP contribution is 2.33. The van der Waals surface area contributed by atoms with Crippen molar-refractivity contribution in [3.8, 4) is 16.9 Å². The van der Waals surface area contributed by atoms with E-state index in [1.54, 1.807) is 24.3 Å². The van der Waals surface area contributed by atoms with Crippen molar-refractivity contribution in [2.45, 2.75) is 38.1 Å². The molecule has 0 bridgehead atoms. The fourth-order valence-electron chi connectivity index (χ4n) is 3.52. The van der Waals surface area contributed by atoms with E-state index in [4.69, 9.17) is 4.74 Å². The SMILES string of the molecule is CC(=O)N(C(C)OC(=O)CO[N+](=O)[O-])S(=O)(=O)c1ccc(-n2nc(C(F)(F)F)cc2-c2ccc(C)cc2)cc1. The maximum absolute atomic E-state index is 13.4. The van der Waals surface area contributed by atoms with Gasteiger partial charge >= 0.3 is 12.1 Å². The number of carbonyl (C=O) groups excluding carboxylic acids is 2. The molecule has 0 aliphatic heterocycles. The summed E-state index contributed by atoms with van der Waals surface area (Å²) in [6, 6.07) is 12.0. The average Bonchev–Trinajstić information content (AvgIpc) is 3.29. The highest BCUT2D eigenvalue weighted by Gasteiger charge is 2.36. The van der Waals surface area contributed by atoms with Gasteiger partial charge in [0.1, 0.15) is 0 Å². The minimum absolute atomic E-state index is 0.0887. The molecule has 1 unspecified atom stereocenters. The summed E-state index contributed by atoms with van der Waals surface area (Å²) < 4.78 is 72.7. The molecular formula is C23H21F3N4O8S. The highest BCUT2D eigenvalue weighted by molar-refractivity contribution is 7.89. The number of aromatic nitrogens is 2. The molecule has 12 nitrogen and oxygen atoms in total. The molecule has 0 spiro atoms. The van der Waals surface area contributed by atoms with Crippen LogP contribution in [0.2, 0.25) is 0 Å². The predicted molar refractivity (Wildman–Crippen MR) is 127 cm³/mol. The minimum Gasteiger partial charge on any atom is -0.439 e. The number of aryl methyl sites for hydroxylation is 1.